The van der Waals surface area contributed by atoms with Gasteiger partial charge in [0.1, 0.15) is 12.7 Å². The summed E-state index contributed by atoms with van der Waals surface area (Å²) in [5.74, 6) is -0.196. The minimum absolute atomic E-state index is 0.0277. The fourth-order valence-electron chi connectivity index (χ4n) is 1.77. The third-order valence-corrected chi connectivity index (χ3v) is 2.98. The van der Waals surface area contributed by atoms with Crippen LogP contribution in [0.15, 0.2) is 0 Å². The molecule has 4 atom stereocenters. The van der Waals surface area contributed by atoms with Crippen molar-refractivity contribution in [1.82, 2.24) is 0 Å². The number of carbonyl (C=O) groups excluding carboxylic acids is 1. The van der Waals surface area contributed by atoms with Crippen molar-refractivity contribution in [2.75, 3.05) is 19.8 Å². The predicted octanol–water partition coefficient (Wildman–Crippen LogP) is 1.86. The second kappa shape index (κ2) is 9.28. The molecule has 0 amide bonds. The summed E-state index contributed by atoms with van der Waals surface area (Å²) in [6, 6.07) is 0. The van der Waals surface area contributed by atoms with Crippen LogP contribution in [-0.2, 0) is 28.5 Å². The Morgan fingerprint density at radius 1 is 1.05 bits per heavy atom. The van der Waals surface area contributed by atoms with Crippen LogP contribution in [-0.4, -0.2) is 50.6 Å². The zero-order valence-electron chi connectivity index (χ0n) is 12.8. The smallest absolute Gasteiger partial charge is 0.305 e. The second-order valence-electron chi connectivity index (χ2n) is 4.76. The average Bonchev–Trinajstić information content (AvgIpc) is 3.05. The third kappa shape index (κ3) is 6.65. The van der Waals surface area contributed by atoms with Crippen LogP contribution in [0.4, 0.5) is 0 Å². The SMILES string of the molecule is CCC(=O)OCC1CO[C@H](C)O1.CCC1CO[C@H](C)O1. The van der Waals surface area contributed by atoms with Gasteiger partial charge in [-0.25, -0.2) is 0 Å². The van der Waals surface area contributed by atoms with Crippen molar-refractivity contribution in [3.05, 3.63) is 0 Å². The summed E-state index contributed by atoms with van der Waals surface area (Å²) < 4.78 is 25.7. The molecule has 0 saturated carbocycles. The van der Waals surface area contributed by atoms with Gasteiger partial charge in [0.05, 0.1) is 19.3 Å². The molecule has 0 N–H and O–H groups in total. The lowest BCUT2D eigenvalue weighted by Crippen LogP contribution is -2.20. The largest absolute Gasteiger partial charge is 0.463 e. The topological polar surface area (TPSA) is 63.2 Å². The van der Waals surface area contributed by atoms with Gasteiger partial charge in [0, 0.05) is 6.42 Å². The summed E-state index contributed by atoms with van der Waals surface area (Å²) in [7, 11) is 0. The molecular formula is C14H26O6. The molecule has 2 heterocycles. The van der Waals surface area contributed by atoms with Gasteiger partial charge in [0.15, 0.2) is 12.6 Å². The molecule has 0 aliphatic carbocycles. The molecule has 0 aromatic heterocycles. The van der Waals surface area contributed by atoms with Crippen molar-refractivity contribution in [2.24, 2.45) is 0 Å². The zero-order valence-corrected chi connectivity index (χ0v) is 12.8. The third-order valence-electron chi connectivity index (χ3n) is 2.98. The Morgan fingerprint density at radius 3 is 1.95 bits per heavy atom. The normalized spacial score (nSPS) is 32.6. The Balaban J connectivity index is 0.000000217. The molecule has 0 bridgehead atoms. The minimum atomic E-state index is -0.196. The lowest BCUT2D eigenvalue weighted by atomic mass is 10.3. The fraction of sp³-hybridized carbons (Fsp3) is 0.929. The van der Waals surface area contributed by atoms with Gasteiger partial charge in [-0.15, -0.1) is 0 Å². The van der Waals surface area contributed by atoms with E-state index in [1.165, 1.54) is 0 Å². The van der Waals surface area contributed by atoms with Crippen LogP contribution in [0.5, 0.6) is 0 Å². The second-order valence-corrected chi connectivity index (χ2v) is 4.76. The zero-order chi connectivity index (χ0) is 15.0. The highest BCUT2D eigenvalue weighted by atomic mass is 16.7. The first-order chi connectivity index (χ1) is 9.55. The highest BCUT2D eigenvalue weighted by Crippen LogP contribution is 2.12. The molecule has 2 aliphatic heterocycles. The molecule has 0 spiro atoms. The monoisotopic (exact) mass is 290 g/mol. The fourth-order valence-corrected chi connectivity index (χ4v) is 1.77. The molecule has 2 rings (SSSR count). The summed E-state index contributed by atoms with van der Waals surface area (Å²) in [6.45, 7) is 9.20. The van der Waals surface area contributed by atoms with Crippen molar-refractivity contribution < 1.29 is 28.5 Å². The summed E-state index contributed by atoms with van der Waals surface area (Å²) in [6.07, 6.45) is 1.59. The molecule has 2 fully saturated rings. The van der Waals surface area contributed by atoms with E-state index in [2.05, 4.69) is 6.92 Å². The number of hydrogen-bond acceptors (Lipinski definition) is 6. The molecule has 0 radical (unpaired) electrons. The van der Waals surface area contributed by atoms with Crippen molar-refractivity contribution in [3.8, 4) is 0 Å². The lowest BCUT2D eigenvalue weighted by Gasteiger charge is -2.08. The first-order valence-electron chi connectivity index (χ1n) is 7.24. The predicted molar refractivity (Wildman–Crippen MR) is 72.1 cm³/mol. The highest BCUT2D eigenvalue weighted by molar-refractivity contribution is 5.68. The van der Waals surface area contributed by atoms with E-state index in [1.54, 1.807) is 6.92 Å². The van der Waals surface area contributed by atoms with Crippen LogP contribution in [0, 0.1) is 0 Å². The van der Waals surface area contributed by atoms with Gasteiger partial charge in [0.25, 0.3) is 0 Å². The Morgan fingerprint density at radius 2 is 1.60 bits per heavy atom. The van der Waals surface area contributed by atoms with Crippen LogP contribution in [0.2, 0.25) is 0 Å². The summed E-state index contributed by atoms with van der Waals surface area (Å²) in [5, 5.41) is 0. The van der Waals surface area contributed by atoms with E-state index in [4.69, 9.17) is 23.7 Å². The van der Waals surface area contributed by atoms with Gasteiger partial charge in [-0.2, -0.15) is 0 Å². The van der Waals surface area contributed by atoms with Crippen molar-refractivity contribution in [1.29, 1.82) is 0 Å². The molecule has 0 aromatic rings. The maximum Gasteiger partial charge on any atom is 0.305 e. The molecule has 2 unspecified atom stereocenters. The van der Waals surface area contributed by atoms with Gasteiger partial charge < -0.3 is 23.7 Å². The highest BCUT2D eigenvalue weighted by Gasteiger charge is 2.23. The lowest BCUT2D eigenvalue weighted by molar-refractivity contribution is -0.147. The first kappa shape index (κ1) is 17.4. The maximum atomic E-state index is 10.7. The van der Waals surface area contributed by atoms with E-state index in [0.717, 1.165) is 13.0 Å². The van der Waals surface area contributed by atoms with Crippen molar-refractivity contribution in [3.63, 3.8) is 0 Å². The summed E-state index contributed by atoms with van der Waals surface area (Å²) in [5.41, 5.74) is 0. The van der Waals surface area contributed by atoms with Crippen LogP contribution < -0.4 is 0 Å². The van der Waals surface area contributed by atoms with E-state index in [0.29, 0.717) is 25.7 Å². The van der Waals surface area contributed by atoms with E-state index in [-0.39, 0.29) is 24.7 Å². The number of hydrogen-bond donors (Lipinski definition) is 0. The molecular weight excluding hydrogens is 264 g/mol. The molecule has 118 valence electrons. The Labute approximate surface area is 120 Å². The molecule has 0 aromatic carbocycles. The number of rotatable bonds is 4. The Hall–Kier alpha value is -0.690. The molecule has 2 aliphatic rings. The van der Waals surface area contributed by atoms with Crippen molar-refractivity contribution in [2.45, 2.75) is 65.3 Å². The van der Waals surface area contributed by atoms with Crippen LogP contribution in [0.3, 0.4) is 0 Å². The molecule has 2 saturated heterocycles. The molecule has 20 heavy (non-hydrogen) atoms. The van der Waals surface area contributed by atoms with Gasteiger partial charge in [0.2, 0.25) is 0 Å². The number of ether oxygens (including phenoxy) is 5. The minimum Gasteiger partial charge on any atom is -0.463 e. The van der Waals surface area contributed by atoms with Gasteiger partial charge >= 0.3 is 5.97 Å². The van der Waals surface area contributed by atoms with Crippen molar-refractivity contribution >= 4 is 5.97 Å². The first-order valence-corrected chi connectivity index (χ1v) is 7.24. The number of carbonyl (C=O) groups is 1. The van der Waals surface area contributed by atoms with Crippen LogP contribution in [0.25, 0.3) is 0 Å². The van der Waals surface area contributed by atoms with Gasteiger partial charge in [-0.3, -0.25) is 4.79 Å². The van der Waals surface area contributed by atoms with E-state index < -0.39 is 0 Å². The van der Waals surface area contributed by atoms with E-state index >= 15 is 0 Å². The molecule has 6 nitrogen and oxygen atoms in total. The van der Waals surface area contributed by atoms with E-state index in [9.17, 15) is 4.79 Å². The number of esters is 1. The van der Waals surface area contributed by atoms with Gasteiger partial charge in [-0.1, -0.05) is 13.8 Å². The molecule has 6 heteroatoms. The average molecular weight is 290 g/mol. The summed E-state index contributed by atoms with van der Waals surface area (Å²) in [4.78, 5) is 10.7. The maximum absolute atomic E-state index is 10.7. The van der Waals surface area contributed by atoms with Crippen LogP contribution in [0.1, 0.15) is 40.5 Å². The standard InChI is InChI=1S/C8H14O4.C6H12O2/c1-3-8(9)11-5-7-4-10-6(2)12-7;1-3-6-4-7-5(2)8-6/h6-7H,3-5H2,1-2H3;5-6H,3-4H2,1-2H3/t6-,7?;5-,6?/m00/s1. The Kier molecular flexibility index (Phi) is 8.06. The summed E-state index contributed by atoms with van der Waals surface area (Å²) >= 11 is 0. The Bertz CT molecular complexity index is 283. The van der Waals surface area contributed by atoms with Gasteiger partial charge in [-0.05, 0) is 20.3 Å². The van der Waals surface area contributed by atoms with Crippen LogP contribution >= 0.6 is 0 Å². The quantitative estimate of drug-likeness (QED) is 0.736. The van der Waals surface area contributed by atoms with E-state index in [1.807, 2.05) is 13.8 Å².